The molecule has 0 aliphatic rings. The van der Waals surface area contributed by atoms with Crippen LogP contribution in [-0.4, -0.2) is 36.1 Å². The van der Waals surface area contributed by atoms with Crippen LogP contribution in [0.5, 0.6) is 0 Å². The maximum atomic E-state index is 10.8. The van der Waals surface area contributed by atoms with Crippen LogP contribution in [0.4, 0.5) is 5.69 Å². The molecule has 0 amide bonds. The number of rotatable bonds is 9. The fourth-order valence-corrected chi connectivity index (χ4v) is 3.04. The second-order valence-corrected chi connectivity index (χ2v) is 7.45. The van der Waals surface area contributed by atoms with Crippen molar-refractivity contribution in [1.82, 2.24) is 4.90 Å². The minimum atomic E-state index is -0.806. The van der Waals surface area contributed by atoms with E-state index in [4.69, 9.17) is 5.11 Å². The topological polar surface area (TPSA) is 52.6 Å². The van der Waals surface area contributed by atoms with E-state index in [2.05, 4.69) is 55.4 Å². The number of hydrogen-bond acceptors (Lipinski definition) is 3. The summed E-state index contributed by atoms with van der Waals surface area (Å²) in [6.07, 6.45) is 0.0543. The predicted molar refractivity (Wildman–Crippen MR) is 103 cm³/mol. The standard InChI is InChI=1S/C21H28N2O2/c1-21(2,16-23(3)14-17-8-5-4-6-9-17)15-22-19-11-7-10-18(12-19)13-20(24)25/h4-12,22H,13-16H2,1-3H3,(H,24,25). The SMILES string of the molecule is CN(Cc1ccccc1)CC(C)(C)CNc1cccc(CC(=O)O)c1. The molecule has 0 aliphatic heterocycles. The Morgan fingerprint density at radius 3 is 2.44 bits per heavy atom. The minimum absolute atomic E-state index is 0.0543. The van der Waals surface area contributed by atoms with E-state index in [1.54, 1.807) is 0 Å². The van der Waals surface area contributed by atoms with Gasteiger partial charge in [0.1, 0.15) is 0 Å². The molecule has 2 aromatic rings. The van der Waals surface area contributed by atoms with Crippen LogP contribution in [0.1, 0.15) is 25.0 Å². The van der Waals surface area contributed by atoms with Gasteiger partial charge < -0.3 is 15.3 Å². The fourth-order valence-electron chi connectivity index (χ4n) is 3.04. The number of nitrogens with zero attached hydrogens (tertiary/aromatic N) is 1. The quantitative estimate of drug-likeness (QED) is 0.727. The Morgan fingerprint density at radius 2 is 1.76 bits per heavy atom. The maximum Gasteiger partial charge on any atom is 0.307 e. The number of aliphatic carboxylic acids is 1. The molecular formula is C21H28N2O2. The molecule has 0 unspecified atom stereocenters. The Bertz CT molecular complexity index is 683. The molecule has 0 bridgehead atoms. The largest absolute Gasteiger partial charge is 0.481 e. The number of benzene rings is 2. The number of anilines is 1. The van der Waals surface area contributed by atoms with E-state index < -0.39 is 5.97 Å². The van der Waals surface area contributed by atoms with Crippen molar-refractivity contribution in [2.75, 3.05) is 25.5 Å². The first-order valence-electron chi connectivity index (χ1n) is 8.61. The first kappa shape index (κ1) is 19.0. The molecule has 2 rings (SSSR count). The highest BCUT2D eigenvalue weighted by atomic mass is 16.4. The lowest BCUT2D eigenvalue weighted by molar-refractivity contribution is -0.136. The van der Waals surface area contributed by atoms with Gasteiger partial charge in [-0.05, 0) is 35.7 Å². The van der Waals surface area contributed by atoms with Gasteiger partial charge in [0.25, 0.3) is 0 Å². The van der Waals surface area contributed by atoms with Crippen molar-refractivity contribution in [2.24, 2.45) is 5.41 Å². The van der Waals surface area contributed by atoms with Crippen molar-refractivity contribution in [1.29, 1.82) is 0 Å². The van der Waals surface area contributed by atoms with Gasteiger partial charge in [0.2, 0.25) is 0 Å². The summed E-state index contributed by atoms with van der Waals surface area (Å²) in [7, 11) is 2.14. The van der Waals surface area contributed by atoms with Gasteiger partial charge in [-0.25, -0.2) is 0 Å². The van der Waals surface area contributed by atoms with Crippen LogP contribution >= 0.6 is 0 Å². The molecule has 0 aromatic heterocycles. The van der Waals surface area contributed by atoms with Crippen molar-refractivity contribution in [3.8, 4) is 0 Å². The van der Waals surface area contributed by atoms with Gasteiger partial charge in [0.15, 0.2) is 0 Å². The molecule has 25 heavy (non-hydrogen) atoms. The highest BCUT2D eigenvalue weighted by molar-refractivity contribution is 5.70. The monoisotopic (exact) mass is 340 g/mol. The Labute approximate surface area is 150 Å². The third-order valence-electron chi connectivity index (χ3n) is 4.05. The van der Waals surface area contributed by atoms with Crippen molar-refractivity contribution in [3.63, 3.8) is 0 Å². The summed E-state index contributed by atoms with van der Waals surface area (Å²) >= 11 is 0. The Balaban J connectivity index is 1.87. The molecule has 2 N–H and O–H groups in total. The molecule has 0 fully saturated rings. The van der Waals surface area contributed by atoms with Crippen LogP contribution in [0.2, 0.25) is 0 Å². The summed E-state index contributed by atoms with van der Waals surface area (Å²) < 4.78 is 0. The predicted octanol–water partition coefficient (Wildman–Crippen LogP) is 3.88. The van der Waals surface area contributed by atoms with E-state index in [1.807, 2.05) is 30.3 Å². The normalized spacial score (nSPS) is 11.5. The lowest BCUT2D eigenvalue weighted by Gasteiger charge is -2.31. The lowest BCUT2D eigenvalue weighted by Crippen LogP contribution is -2.36. The van der Waals surface area contributed by atoms with E-state index in [0.29, 0.717) is 0 Å². The molecular weight excluding hydrogens is 312 g/mol. The zero-order valence-corrected chi connectivity index (χ0v) is 15.3. The van der Waals surface area contributed by atoms with Gasteiger partial charge in [-0.2, -0.15) is 0 Å². The number of hydrogen-bond donors (Lipinski definition) is 2. The van der Waals surface area contributed by atoms with Crippen LogP contribution in [0, 0.1) is 5.41 Å². The third kappa shape index (κ3) is 6.98. The van der Waals surface area contributed by atoms with E-state index in [1.165, 1.54) is 5.56 Å². The average molecular weight is 340 g/mol. The van der Waals surface area contributed by atoms with Gasteiger partial charge in [0.05, 0.1) is 6.42 Å². The number of carboxylic acids is 1. The molecule has 134 valence electrons. The molecule has 0 heterocycles. The Morgan fingerprint density at radius 1 is 1.08 bits per heavy atom. The van der Waals surface area contributed by atoms with Gasteiger partial charge >= 0.3 is 5.97 Å². The summed E-state index contributed by atoms with van der Waals surface area (Å²) in [5.74, 6) is -0.806. The van der Waals surface area contributed by atoms with Crippen molar-refractivity contribution in [2.45, 2.75) is 26.8 Å². The Hall–Kier alpha value is -2.33. The van der Waals surface area contributed by atoms with Gasteiger partial charge in [-0.3, -0.25) is 4.79 Å². The molecule has 4 heteroatoms. The van der Waals surface area contributed by atoms with Crippen molar-refractivity contribution in [3.05, 3.63) is 65.7 Å². The summed E-state index contributed by atoms with van der Waals surface area (Å²) in [6, 6.07) is 18.1. The van der Waals surface area contributed by atoms with Crippen molar-refractivity contribution >= 4 is 11.7 Å². The molecule has 0 saturated carbocycles. The first-order chi connectivity index (χ1) is 11.8. The van der Waals surface area contributed by atoms with Crippen LogP contribution in [-0.2, 0) is 17.8 Å². The molecule has 0 aliphatic carbocycles. The summed E-state index contributed by atoms with van der Waals surface area (Å²) in [5, 5.41) is 12.4. The van der Waals surface area contributed by atoms with Crippen molar-refractivity contribution < 1.29 is 9.90 Å². The molecule has 4 nitrogen and oxygen atoms in total. The van der Waals surface area contributed by atoms with Crippen LogP contribution in [0.3, 0.4) is 0 Å². The van der Waals surface area contributed by atoms with E-state index in [0.717, 1.165) is 30.9 Å². The maximum absolute atomic E-state index is 10.8. The van der Waals surface area contributed by atoms with Gasteiger partial charge in [0, 0.05) is 25.3 Å². The number of carboxylic acid groups (broad SMARTS) is 1. The molecule has 0 spiro atoms. The smallest absolute Gasteiger partial charge is 0.307 e. The first-order valence-corrected chi connectivity index (χ1v) is 8.61. The van der Waals surface area contributed by atoms with Crippen LogP contribution in [0.15, 0.2) is 54.6 Å². The third-order valence-corrected chi connectivity index (χ3v) is 4.05. The number of carbonyl (C=O) groups is 1. The van der Waals surface area contributed by atoms with E-state index >= 15 is 0 Å². The zero-order chi connectivity index (χ0) is 18.3. The number of nitrogens with one attached hydrogen (secondary N) is 1. The van der Waals surface area contributed by atoms with Crippen LogP contribution in [0.25, 0.3) is 0 Å². The molecule has 0 atom stereocenters. The fraction of sp³-hybridized carbons (Fsp3) is 0.381. The highest BCUT2D eigenvalue weighted by Crippen LogP contribution is 2.20. The summed E-state index contributed by atoms with van der Waals surface area (Å²) in [4.78, 5) is 13.2. The second-order valence-electron chi connectivity index (χ2n) is 7.45. The highest BCUT2D eigenvalue weighted by Gasteiger charge is 2.20. The zero-order valence-electron chi connectivity index (χ0n) is 15.3. The van der Waals surface area contributed by atoms with Gasteiger partial charge in [-0.1, -0.05) is 56.3 Å². The lowest BCUT2D eigenvalue weighted by atomic mass is 9.92. The second kappa shape index (κ2) is 8.67. The van der Waals surface area contributed by atoms with E-state index in [9.17, 15) is 4.79 Å². The Kier molecular flexibility index (Phi) is 6.59. The summed E-state index contributed by atoms with van der Waals surface area (Å²) in [5.41, 5.74) is 3.19. The molecule has 0 radical (unpaired) electrons. The minimum Gasteiger partial charge on any atom is -0.481 e. The van der Waals surface area contributed by atoms with E-state index in [-0.39, 0.29) is 11.8 Å². The summed E-state index contributed by atoms with van der Waals surface area (Å²) in [6.45, 7) is 7.19. The molecule has 2 aromatic carbocycles. The van der Waals surface area contributed by atoms with Crippen LogP contribution < -0.4 is 5.32 Å². The van der Waals surface area contributed by atoms with Gasteiger partial charge in [-0.15, -0.1) is 0 Å². The average Bonchev–Trinajstić information content (AvgIpc) is 2.53. The molecule has 0 saturated heterocycles.